The molecule has 2 saturated heterocycles. The third-order valence-electron chi connectivity index (χ3n) is 3.82. The highest BCUT2D eigenvalue weighted by Crippen LogP contribution is 2.39. The first kappa shape index (κ1) is 8.52. The van der Waals surface area contributed by atoms with E-state index in [1.54, 1.807) is 0 Å². The van der Waals surface area contributed by atoms with Crippen LogP contribution in [-0.2, 0) is 0 Å². The van der Waals surface area contributed by atoms with Crippen LogP contribution in [0.15, 0.2) is 0 Å². The lowest BCUT2D eigenvalue weighted by molar-refractivity contribution is 0.0991. The Morgan fingerprint density at radius 2 is 1.83 bits per heavy atom. The molecule has 12 heavy (non-hydrogen) atoms. The van der Waals surface area contributed by atoms with E-state index in [2.05, 4.69) is 17.6 Å². The first-order valence-corrected chi connectivity index (χ1v) is 5.28. The largest absolute Gasteiger partial charge is 0.317 e. The molecule has 0 aromatic carbocycles. The van der Waals surface area contributed by atoms with E-state index in [0.717, 1.165) is 6.04 Å². The van der Waals surface area contributed by atoms with Crippen LogP contribution in [0.25, 0.3) is 0 Å². The Kier molecular flexibility index (Phi) is 2.37. The molecule has 1 spiro atoms. The SMILES string of the molecule is CC1NCCCC12CCNCC2. The predicted octanol–water partition coefficient (Wildman–Crippen LogP) is 1.13. The molecule has 1 atom stereocenters. The number of nitrogens with one attached hydrogen (secondary N) is 2. The van der Waals surface area contributed by atoms with Crippen molar-refractivity contribution in [1.82, 2.24) is 10.6 Å². The first-order valence-electron chi connectivity index (χ1n) is 5.28. The molecule has 0 radical (unpaired) electrons. The zero-order valence-corrected chi connectivity index (χ0v) is 8.03. The molecular weight excluding hydrogens is 148 g/mol. The van der Waals surface area contributed by atoms with Crippen molar-refractivity contribution in [2.24, 2.45) is 5.41 Å². The van der Waals surface area contributed by atoms with Crippen molar-refractivity contribution in [2.75, 3.05) is 19.6 Å². The van der Waals surface area contributed by atoms with Gasteiger partial charge in [-0.2, -0.15) is 0 Å². The highest BCUT2D eigenvalue weighted by atomic mass is 15.0. The predicted molar refractivity (Wildman–Crippen MR) is 51.2 cm³/mol. The summed E-state index contributed by atoms with van der Waals surface area (Å²) < 4.78 is 0. The molecule has 0 bridgehead atoms. The van der Waals surface area contributed by atoms with E-state index in [-0.39, 0.29) is 0 Å². The van der Waals surface area contributed by atoms with Crippen LogP contribution in [0.1, 0.15) is 32.6 Å². The van der Waals surface area contributed by atoms with Crippen molar-refractivity contribution in [3.05, 3.63) is 0 Å². The van der Waals surface area contributed by atoms with Gasteiger partial charge in [-0.3, -0.25) is 0 Å². The lowest BCUT2D eigenvalue weighted by Crippen LogP contribution is -2.52. The minimum absolute atomic E-state index is 0.642. The molecule has 0 aliphatic carbocycles. The highest BCUT2D eigenvalue weighted by Gasteiger charge is 2.38. The summed E-state index contributed by atoms with van der Waals surface area (Å²) in [4.78, 5) is 0. The summed E-state index contributed by atoms with van der Waals surface area (Å²) in [5, 5.41) is 7.06. The van der Waals surface area contributed by atoms with Crippen LogP contribution in [0.3, 0.4) is 0 Å². The molecule has 2 N–H and O–H groups in total. The Morgan fingerprint density at radius 1 is 1.08 bits per heavy atom. The van der Waals surface area contributed by atoms with Crippen LogP contribution in [0.5, 0.6) is 0 Å². The fourth-order valence-corrected chi connectivity index (χ4v) is 2.80. The Balaban J connectivity index is 2.04. The summed E-state index contributed by atoms with van der Waals surface area (Å²) in [6.07, 6.45) is 5.58. The third kappa shape index (κ3) is 1.38. The molecule has 0 saturated carbocycles. The maximum atomic E-state index is 3.61. The summed E-state index contributed by atoms with van der Waals surface area (Å²) in [5.74, 6) is 0. The van der Waals surface area contributed by atoms with E-state index in [1.807, 2.05) is 0 Å². The quantitative estimate of drug-likeness (QED) is 0.566. The lowest BCUT2D eigenvalue weighted by atomic mass is 9.68. The maximum absolute atomic E-state index is 3.61. The van der Waals surface area contributed by atoms with Crippen molar-refractivity contribution < 1.29 is 0 Å². The third-order valence-corrected chi connectivity index (χ3v) is 3.82. The Morgan fingerprint density at radius 3 is 2.50 bits per heavy atom. The van der Waals surface area contributed by atoms with E-state index >= 15 is 0 Å². The molecule has 0 aromatic heterocycles. The van der Waals surface area contributed by atoms with Gasteiger partial charge in [0, 0.05) is 6.04 Å². The van der Waals surface area contributed by atoms with Gasteiger partial charge in [-0.05, 0) is 57.7 Å². The van der Waals surface area contributed by atoms with Gasteiger partial charge in [0.1, 0.15) is 0 Å². The van der Waals surface area contributed by atoms with Crippen molar-refractivity contribution in [3.63, 3.8) is 0 Å². The van der Waals surface area contributed by atoms with Gasteiger partial charge in [0.25, 0.3) is 0 Å². The van der Waals surface area contributed by atoms with E-state index in [1.165, 1.54) is 45.3 Å². The number of rotatable bonds is 0. The van der Waals surface area contributed by atoms with Gasteiger partial charge in [0.15, 0.2) is 0 Å². The molecule has 0 aromatic rings. The molecule has 1 unspecified atom stereocenters. The minimum atomic E-state index is 0.642. The summed E-state index contributed by atoms with van der Waals surface area (Å²) in [6, 6.07) is 0.744. The van der Waals surface area contributed by atoms with Crippen LogP contribution in [0.4, 0.5) is 0 Å². The van der Waals surface area contributed by atoms with Crippen LogP contribution in [0, 0.1) is 5.41 Å². The molecule has 0 amide bonds. The van der Waals surface area contributed by atoms with Gasteiger partial charge in [-0.15, -0.1) is 0 Å². The van der Waals surface area contributed by atoms with Crippen molar-refractivity contribution in [1.29, 1.82) is 0 Å². The smallest absolute Gasteiger partial charge is 0.00961 e. The van der Waals surface area contributed by atoms with Gasteiger partial charge in [0.2, 0.25) is 0 Å². The zero-order chi connectivity index (χ0) is 8.44. The zero-order valence-electron chi connectivity index (χ0n) is 8.03. The van der Waals surface area contributed by atoms with Crippen LogP contribution >= 0.6 is 0 Å². The van der Waals surface area contributed by atoms with E-state index in [9.17, 15) is 0 Å². The van der Waals surface area contributed by atoms with E-state index in [4.69, 9.17) is 0 Å². The maximum Gasteiger partial charge on any atom is 0.00961 e. The molecule has 2 heteroatoms. The standard InChI is InChI=1S/C10H20N2/c1-9-10(3-2-6-12-9)4-7-11-8-5-10/h9,11-12H,2-8H2,1H3. The van der Waals surface area contributed by atoms with Gasteiger partial charge in [-0.1, -0.05) is 0 Å². The molecule has 2 heterocycles. The van der Waals surface area contributed by atoms with Gasteiger partial charge >= 0.3 is 0 Å². The summed E-state index contributed by atoms with van der Waals surface area (Å²) >= 11 is 0. The van der Waals surface area contributed by atoms with Crippen molar-refractivity contribution in [2.45, 2.75) is 38.6 Å². The summed E-state index contributed by atoms with van der Waals surface area (Å²) in [6.45, 7) is 6.05. The number of hydrogen-bond donors (Lipinski definition) is 2. The van der Waals surface area contributed by atoms with E-state index < -0.39 is 0 Å². The fourth-order valence-electron chi connectivity index (χ4n) is 2.80. The number of piperidine rings is 2. The molecule has 2 nitrogen and oxygen atoms in total. The minimum Gasteiger partial charge on any atom is -0.317 e. The molecule has 2 aliphatic heterocycles. The van der Waals surface area contributed by atoms with Gasteiger partial charge in [-0.25, -0.2) is 0 Å². The molecule has 2 fully saturated rings. The highest BCUT2D eigenvalue weighted by molar-refractivity contribution is 4.94. The van der Waals surface area contributed by atoms with Gasteiger partial charge in [0.05, 0.1) is 0 Å². The fraction of sp³-hybridized carbons (Fsp3) is 1.00. The molecule has 2 aliphatic rings. The Labute approximate surface area is 75.1 Å². The second-order valence-electron chi connectivity index (χ2n) is 4.39. The Bertz CT molecular complexity index is 142. The second-order valence-corrected chi connectivity index (χ2v) is 4.39. The van der Waals surface area contributed by atoms with Crippen molar-refractivity contribution in [3.8, 4) is 0 Å². The average Bonchev–Trinajstić information content (AvgIpc) is 2.12. The molecular formula is C10H20N2. The van der Waals surface area contributed by atoms with Crippen LogP contribution in [-0.4, -0.2) is 25.7 Å². The Hall–Kier alpha value is -0.0800. The number of hydrogen-bond acceptors (Lipinski definition) is 2. The van der Waals surface area contributed by atoms with E-state index in [0.29, 0.717) is 5.41 Å². The summed E-state index contributed by atoms with van der Waals surface area (Å²) in [5.41, 5.74) is 0.642. The van der Waals surface area contributed by atoms with Gasteiger partial charge < -0.3 is 10.6 Å². The van der Waals surface area contributed by atoms with Crippen LogP contribution < -0.4 is 10.6 Å². The second kappa shape index (κ2) is 3.35. The summed E-state index contributed by atoms with van der Waals surface area (Å²) in [7, 11) is 0. The first-order chi connectivity index (χ1) is 5.83. The lowest BCUT2D eigenvalue weighted by Gasteiger charge is -2.46. The average molecular weight is 168 g/mol. The monoisotopic (exact) mass is 168 g/mol. The molecule has 70 valence electrons. The normalized spacial score (nSPS) is 35.2. The van der Waals surface area contributed by atoms with Crippen LogP contribution in [0.2, 0.25) is 0 Å². The van der Waals surface area contributed by atoms with Crippen molar-refractivity contribution >= 4 is 0 Å². The molecule has 2 rings (SSSR count). The topological polar surface area (TPSA) is 24.1 Å².